The highest BCUT2D eigenvalue weighted by Crippen LogP contribution is 2.17. The fourth-order valence-corrected chi connectivity index (χ4v) is 2.11. The lowest BCUT2D eigenvalue weighted by Crippen LogP contribution is -2.35. The minimum Gasteiger partial charge on any atom is -0.469 e. The second kappa shape index (κ2) is 6.83. The van der Waals surface area contributed by atoms with Crippen LogP contribution >= 0.6 is 0 Å². The molecule has 0 aromatic carbocycles. The Kier molecular flexibility index (Phi) is 5.69. The smallest absolute Gasteiger partial charge is 0.309 e. The second-order valence-electron chi connectivity index (χ2n) is 4.52. The third-order valence-corrected chi connectivity index (χ3v) is 3.17. The summed E-state index contributed by atoms with van der Waals surface area (Å²) in [5, 5.41) is 3.48. The summed E-state index contributed by atoms with van der Waals surface area (Å²) < 4.78 is 4.70. The van der Waals surface area contributed by atoms with Gasteiger partial charge < -0.3 is 10.1 Å². The number of methoxy groups -OCH3 is 1. The maximum atomic E-state index is 11.2. The third kappa shape index (κ3) is 4.65. The molecular weight excluding hydrogens is 190 g/mol. The first-order valence-electron chi connectivity index (χ1n) is 6.05. The van der Waals surface area contributed by atoms with Crippen molar-refractivity contribution in [2.24, 2.45) is 5.92 Å². The lowest BCUT2D eigenvalue weighted by atomic mass is 10.1. The van der Waals surface area contributed by atoms with E-state index in [1.807, 2.05) is 6.92 Å². The molecule has 1 atom stereocenters. The zero-order chi connectivity index (χ0) is 11.1. The molecule has 1 aliphatic carbocycles. The fraction of sp³-hybridized carbons (Fsp3) is 0.917. The minimum atomic E-state index is -0.115. The number of esters is 1. The number of nitrogens with one attached hydrogen (secondary N) is 1. The molecule has 1 unspecified atom stereocenters. The van der Waals surface area contributed by atoms with Gasteiger partial charge in [-0.2, -0.15) is 0 Å². The fourth-order valence-electron chi connectivity index (χ4n) is 2.11. The molecule has 0 saturated heterocycles. The summed E-state index contributed by atoms with van der Waals surface area (Å²) in [6.45, 7) is 2.66. The molecular formula is C12H23NO2. The van der Waals surface area contributed by atoms with Gasteiger partial charge in [-0.15, -0.1) is 0 Å². The molecule has 3 heteroatoms. The van der Waals surface area contributed by atoms with Gasteiger partial charge in [0.25, 0.3) is 0 Å². The van der Waals surface area contributed by atoms with E-state index in [1.54, 1.807) is 0 Å². The summed E-state index contributed by atoms with van der Waals surface area (Å²) in [7, 11) is 1.45. The second-order valence-corrected chi connectivity index (χ2v) is 4.52. The Morgan fingerprint density at radius 1 is 1.33 bits per heavy atom. The van der Waals surface area contributed by atoms with Crippen molar-refractivity contribution in [3.05, 3.63) is 0 Å². The molecule has 0 heterocycles. The van der Waals surface area contributed by atoms with Crippen molar-refractivity contribution in [2.45, 2.75) is 51.5 Å². The molecule has 0 amide bonds. The number of ether oxygens (including phenoxy) is 1. The Hall–Kier alpha value is -0.570. The van der Waals surface area contributed by atoms with E-state index in [1.165, 1.54) is 45.6 Å². The van der Waals surface area contributed by atoms with E-state index in [4.69, 9.17) is 4.74 Å². The van der Waals surface area contributed by atoms with Gasteiger partial charge in [0.05, 0.1) is 13.0 Å². The van der Waals surface area contributed by atoms with E-state index in [9.17, 15) is 4.79 Å². The van der Waals surface area contributed by atoms with Crippen LogP contribution in [0.4, 0.5) is 0 Å². The van der Waals surface area contributed by atoms with Gasteiger partial charge in [0.2, 0.25) is 0 Å². The molecule has 0 aliphatic heterocycles. The Labute approximate surface area is 92.6 Å². The Balaban J connectivity index is 2.19. The van der Waals surface area contributed by atoms with Gasteiger partial charge in [0.1, 0.15) is 0 Å². The topological polar surface area (TPSA) is 38.3 Å². The molecule has 0 aromatic rings. The highest BCUT2D eigenvalue weighted by Gasteiger charge is 2.16. The predicted molar refractivity (Wildman–Crippen MR) is 60.7 cm³/mol. The molecule has 1 saturated carbocycles. The normalized spacial score (nSPS) is 20.7. The molecule has 1 aliphatic rings. The summed E-state index contributed by atoms with van der Waals surface area (Å²) in [5.74, 6) is -0.144. The van der Waals surface area contributed by atoms with Gasteiger partial charge in [-0.1, -0.05) is 32.6 Å². The molecule has 15 heavy (non-hydrogen) atoms. The van der Waals surface area contributed by atoms with Gasteiger partial charge >= 0.3 is 5.97 Å². The molecule has 0 radical (unpaired) electrons. The molecule has 1 N–H and O–H groups in total. The van der Waals surface area contributed by atoms with Crippen molar-refractivity contribution in [1.82, 2.24) is 5.32 Å². The summed E-state index contributed by atoms with van der Waals surface area (Å²) in [5.41, 5.74) is 0. The van der Waals surface area contributed by atoms with Gasteiger partial charge in [-0.3, -0.25) is 4.79 Å². The summed E-state index contributed by atoms with van der Waals surface area (Å²) in [6, 6.07) is 0.611. The van der Waals surface area contributed by atoms with Crippen LogP contribution < -0.4 is 5.32 Å². The van der Waals surface area contributed by atoms with E-state index in [-0.39, 0.29) is 11.9 Å². The quantitative estimate of drug-likeness (QED) is 0.574. The van der Waals surface area contributed by atoms with E-state index >= 15 is 0 Å². The Morgan fingerprint density at radius 2 is 1.93 bits per heavy atom. The lowest BCUT2D eigenvalue weighted by Gasteiger charge is -2.18. The summed E-state index contributed by atoms with van der Waals surface area (Å²) >= 11 is 0. The van der Waals surface area contributed by atoms with E-state index < -0.39 is 0 Å². The van der Waals surface area contributed by atoms with Crippen LogP contribution in [0.3, 0.4) is 0 Å². The standard InChI is InChI=1S/C12H23NO2/c1-10(12(14)15-2)9-13-11-7-5-3-4-6-8-11/h10-11,13H,3-9H2,1-2H3. The number of hydrogen-bond donors (Lipinski definition) is 1. The van der Waals surface area contributed by atoms with Gasteiger partial charge in [-0.05, 0) is 12.8 Å². The zero-order valence-electron chi connectivity index (χ0n) is 9.92. The monoisotopic (exact) mass is 213 g/mol. The van der Waals surface area contributed by atoms with Crippen molar-refractivity contribution in [1.29, 1.82) is 0 Å². The third-order valence-electron chi connectivity index (χ3n) is 3.17. The number of hydrogen-bond acceptors (Lipinski definition) is 3. The van der Waals surface area contributed by atoms with Crippen LogP contribution in [0, 0.1) is 5.92 Å². The van der Waals surface area contributed by atoms with Crippen molar-refractivity contribution >= 4 is 5.97 Å². The van der Waals surface area contributed by atoms with Crippen LogP contribution in [0.15, 0.2) is 0 Å². The van der Waals surface area contributed by atoms with E-state index in [0.717, 1.165) is 6.54 Å². The van der Waals surface area contributed by atoms with Crippen molar-refractivity contribution in [3.8, 4) is 0 Å². The molecule has 88 valence electrons. The van der Waals surface area contributed by atoms with Crippen LogP contribution in [-0.4, -0.2) is 25.7 Å². The zero-order valence-corrected chi connectivity index (χ0v) is 9.92. The largest absolute Gasteiger partial charge is 0.469 e. The predicted octanol–water partition coefficient (Wildman–Crippen LogP) is 2.11. The number of carbonyl (C=O) groups is 1. The van der Waals surface area contributed by atoms with Crippen LogP contribution in [-0.2, 0) is 9.53 Å². The van der Waals surface area contributed by atoms with Gasteiger partial charge in [-0.25, -0.2) is 0 Å². The van der Waals surface area contributed by atoms with E-state index in [0.29, 0.717) is 6.04 Å². The maximum absolute atomic E-state index is 11.2. The first-order valence-corrected chi connectivity index (χ1v) is 6.05. The van der Waals surface area contributed by atoms with Gasteiger partial charge in [0, 0.05) is 12.6 Å². The first-order chi connectivity index (χ1) is 7.24. The Bertz CT molecular complexity index is 186. The van der Waals surface area contributed by atoms with Crippen molar-refractivity contribution < 1.29 is 9.53 Å². The maximum Gasteiger partial charge on any atom is 0.309 e. The van der Waals surface area contributed by atoms with E-state index in [2.05, 4.69) is 5.32 Å². The average molecular weight is 213 g/mol. The molecule has 3 nitrogen and oxygen atoms in total. The Morgan fingerprint density at radius 3 is 2.47 bits per heavy atom. The minimum absolute atomic E-state index is 0.0294. The molecule has 0 spiro atoms. The highest BCUT2D eigenvalue weighted by molar-refractivity contribution is 5.72. The van der Waals surface area contributed by atoms with Crippen molar-refractivity contribution in [3.63, 3.8) is 0 Å². The SMILES string of the molecule is COC(=O)C(C)CNC1CCCCCC1. The first kappa shape index (κ1) is 12.5. The van der Waals surface area contributed by atoms with Gasteiger partial charge in [0.15, 0.2) is 0 Å². The van der Waals surface area contributed by atoms with Crippen LogP contribution in [0.1, 0.15) is 45.4 Å². The highest BCUT2D eigenvalue weighted by atomic mass is 16.5. The average Bonchev–Trinajstić information content (AvgIpc) is 2.53. The number of rotatable bonds is 4. The summed E-state index contributed by atoms with van der Waals surface area (Å²) in [6.07, 6.45) is 7.89. The molecule has 0 aromatic heterocycles. The number of carbonyl (C=O) groups excluding carboxylic acids is 1. The van der Waals surface area contributed by atoms with Crippen LogP contribution in [0.5, 0.6) is 0 Å². The summed E-state index contributed by atoms with van der Waals surface area (Å²) in [4.78, 5) is 11.2. The van der Waals surface area contributed by atoms with Crippen molar-refractivity contribution in [2.75, 3.05) is 13.7 Å². The molecule has 1 fully saturated rings. The molecule has 0 bridgehead atoms. The lowest BCUT2D eigenvalue weighted by molar-refractivity contribution is -0.144. The molecule has 1 rings (SSSR count). The van der Waals surface area contributed by atoms with Crippen LogP contribution in [0.25, 0.3) is 0 Å². The van der Waals surface area contributed by atoms with Crippen LogP contribution in [0.2, 0.25) is 0 Å².